The van der Waals surface area contributed by atoms with Crippen molar-refractivity contribution < 1.29 is 4.39 Å². The second kappa shape index (κ2) is 3.71. The van der Waals surface area contributed by atoms with E-state index in [1.54, 1.807) is 0 Å². The summed E-state index contributed by atoms with van der Waals surface area (Å²) in [5, 5.41) is 3.29. The lowest BCUT2D eigenvalue weighted by Gasteiger charge is -2.45. The SMILES string of the molecule is FCCNC1CN2CCC1CC2. The van der Waals surface area contributed by atoms with E-state index >= 15 is 0 Å². The van der Waals surface area contributed by atoms with Gasteiger partial charge in [-0.15, -0.1) is 0 Å². The van der Waals surface area contributed by atoms with Crippen LogP contribution >= 0.6 is 0 Å². The van der Waals surface area contributed by atoms with E-state index in [2.05, 4.69) is 10.2 Å². The van der Waals surface area contributed by atoms with Gasteiger partial charge < -0.3 is 10.2 Å². The summed E-state index contributed by atoms with van der Waals surface area (Å²) >= 11 is 0. The standard InChI is InChI=1S/C9H17FN2/c10-3-4-11-9-7-12-5-1-8(9)2-6-12/h8-9,11H,1-7H2. The molecule has 0 aromatic heterocycles. The summed E-state index contributed by atoms with van der Waals surface area (Å²) in [5.41, 5.74) is 0. The third-order valence-electron chi connectivity index (χ3n) is 3.16. The van der Waals surface area contributed by atoms with Crippen LogP contribution in [-0.2, 0) is 0 Å². The summed E-state index contributed by atoms with van der Waals surface area (Å²) in [7, 11) is 0. The molecule has 3 aliphatic rings. The van der Waals surface area contributed by atoms with E-state index in [1.165, 1.54) is 25.9 Å². The Hall–Kier alpha value is -0.150. The molecule has 0 amide bonds. The molecule has 3 aliphatic heterocycles. The van der Waals surface area contributed by atoms with Crippen LogP contribution in [0.1, 0.15) is 12.8 Å². The first kappa shape index (κ1) is 8.45. The molecule has 0 radical (unpaired) electrons. The van der Waals surface area contributed by atoms with Crippen LogP contribution in [0.2, 0.25) is 0 Å². The molecule has 0 aromatic rings. The lowest BCUT2D eigenvalue weighted by molar-refractivity contribution is 0.0721. The number of piperidine rings is 3. The van der Waals surface area contributed by atoms with Crippen molar-refractivity contribution in [3.63, 3.8) is 0 Å². The van der Waals surface area contributed by atoms with Gasteiger partial charge in [-0.2, -0.15) is 0 Å². The van der Waals surface area contributed by atoms with Crippen molar-refractivity contribution in [2.45, 2.75) is 18.9 Å². The Morgan fingerprint density at radius 2 is 2.08 bits per heavy atom. The highest BCUT2D eigenvalue weighted by Gasteiger charge is 2.33. The third-order valence-corrected chi connectivity index (χ3v) is 3.16. The highest BCUT2D eigenvalue weighted by atomic mass is 19.1. The molecule has 1 N–H and O–H groups in total. The van der Waals surface area contributed by atoms with Gasteiger partial charge in [0.05, 0.1) is 0 Å². The van der Waals surface area contributed by atoms with Crippen molar-refractivity contribution in [3.8, 4) is 0 Å². The largest absolute Gasteiger partial charge is 0.310 e. The molecule has 3 heteroatoms. The fraction of sp³-hybridized carbons (Fsp3) is 1.00. The average Bonchev–Trinajstić information content (AvgIpc) is 2.17. The van der Waals surface area contributed by atoms with Crippen molar-refractivity contribution in [2.24, 2.45) is 5.92 Å². The predicted molar refractivity (Wildman–Crippen MR) is 46.9 cm³/mol. The maximum atomic E-state index is 11.9. The molecule has 2 nitrogen and oxygen atoms in total. The molecule has 70 valence electrons. The van der Waals surface area contributed by atoms with Gasteiger partial charge in [-0.1, -0.05) is 0 Å². The lowest BCUT2D eigenvalue weighted by atomic mass is 9.84. The Morgan fingerprint density at radius 3 is 2.58 bits per heavy atom. The molecule has 0 spiro atoms. The minimum absolute atomic E-state index is 0.233. The summed E-state index contributed by atoms with van der Waals surface area (Å²) in [6.45, 7) is 3.97. The Kier molecular flexibility index (Phi) is 2.61. The number of halogens is 1. The van der Waals surface area contributed by atoms with Crippen LogP contribution in [0.15, 0.2) is 0 Å². The Morgan fingerprint density at radius 1 is 1.33 bits per heavy atom. The van der Waals surface area contributed by atoms with E-state index < -0.39 is 0 Å². The first-order valence-corrected chi connectivity index (χ1v) is 4.92. The maximum Gasteiger partial charge on any atom is 0.102 e. The number of rotatable bonds is 3. The molecule has 3 saturated heterocycles. The molecule has 3 fully saturated rings. The van der Waals surface area contributed by atoms with E-state index in [4.69, 9.17) is 0 Å². The number of nitrogens with zero attached hydrogens (tertiary/aromatic N) is 1. The highest BCUT2D eigenvalue weighted by Crippen LogP contribution is 2.27. The van der Waals surface area contributed by atoms with Crippen LogP contribution < -0.4 is 5.32 Å². The monoisotopic (exact) mass is 172 g/mol. The molecule has 0 aliphatic carbocycles. The topological polar surface area (TPSA) is 15.3 Å². The second-order valence-corrected chi connectivity index (χ2v) is 3.89. The van der Waals surface area contributed by atoms with Gasteiger partial charge in [0.2, 0.25) is 0 Å². The van der Waals surface area contributed by atoms with Gasteiger partial charge in [0.25, 0.3) is 0 Å². The van der Waals surface area contributed by atoms with Crippen molar-refractivity contribution in [3.05, 3.63) is 0 Å². The van der Waals surface area contributed by atoms with Gasteiger partial charge in [-0.05, 0) is 31.8 Å². The normalized spacial score (nSPS) is 40.2. The molecule has 1 atom stereocenters. The quantitative estimate of drug-likeness (QED) is 0.672. The lowest BCUT2D eigenvalue weighted by Crippen LogP contribution is -2.56. The summed E-state index contributed by atoms with van der Waals surface area (Å²) < 4.78 is 11.9. The zero-order chi connectivity index (χ0) is 8.39. The summed E-state index contributed by atoms with van der Waals surface area (Å²) in [6.07, 6.45) is 2.62. The van der Waals surface area contributed by atoms with Gasteiger partial charge in [0, 0.05) is 19.1 Å². The van der Waals surface area contributed by atoms with Crippen LogP contribution in [-0.4, -0.2) is 43.8 Å². The number of nitrogens with one attached hydrogen (secondary N) is 1. The van der Waals surface area contributed by atoms with Gasteiger partial charge in [0.15, 0.2) is 0 Å². The minimum atomic E-state index is -0.233. The van der Waals surface area contributed by atoms with Crippen LogP contribution in [0.25, 0.3) is 0 Å². The summed E-state index contributed by atoms with van der Waals surface area (Å²) in [4.78, 5) is 2.48. The second-order valence-electron chi connectivity index (χ2n) is 3.89. The molecule has 12 heavy (non-hydrogen) atoms. The molecule has 3 rings (SSSR count). The Labute approximate surface area is 73.1 Å². The van der Waals surface area contributed by atoms with Crippen molar-refractivity contribution >= 4 is 0 Å². The average molecular weight is 172 g/mol. The summed E-state index contributed by atoms with van der Waals surface area (Å²) in [6, 6.07) is 0.572. The van der Waals surface area contributed by atoms with Crippen molar-refractivity contribution in [1.82, 2.24) is 10.2 Å². The fourth-order valence-corrected chi connectivity index (χ4v) is 2.44. The first-order chi connectivity index (χ1) is 5.90. The van der Waals surface area contributed by atoms with Crippen molar-refractivity contribution in [2.75, 3.05) is 32.9 Å². The molecule has 0 saturated carbocycles. The van der Waals surface area contributed by atoms with Gasteiger partial charge in [-0.3, -0.25) is 0 Å². The van der Waals surface area contributed by atoms with Gasteiger partial charge >= 0.3 is 0 Å². The maximum absolute atomic E-state index is 11.9. The first-order valence-electron chi connectivity index (χ1n) is 4.92. The minimum Gasteiger partial charge on any atom is -0.310 e. The number of hydrogen-bond donors (Lipinski definition) is 1. The smallest absolute Gasteiger partial charge is 0.102 e. The Balaban J connectivity index is 1.82. The van der Waals surface area contributed by atoms with E-state index in [-0.39, 0.29) is 6.67 Å². The molecule has 1 unspecified atom stereocenters. The van der Waals surface area contributed by atoms with Gasteiger partial charge in [-0.25, -0.2) is 4.39 Å². The highest BCUT2D eigenvalue weighted by molar-refractivity contribution is 4.90. The molecule has 2 bridgehead atoms. The van der Waals surface area contributed by atoms with Crippen LogP contribution in [0, 0.1) is 5.92 Å². The zero-order valence-corrected chi connectivity index (χ0v) is 7.43. The van der Waals surface area contributed by atoms with Crippen LogP contribution in [0.3, 0.4) is 0 Å². The van der Waals surface area contributed by atoms with Crippen LogP contribution in [0.4, 0.5) is 4.39 Å². The van der Waals surface area contributed by atoms with Crippen LogP contribution in [0.5, 0.6) is 0 Å². The predicted octanol–water partition coefficient (Wildman–Crippen LogP) is 0.640. The van der Waals surface area contributed by atoms with Gasteiger partial charge in [0.1, 0.15) is 6.67 Å². The summed E-state index contributed by atoms with van der Waals surface area (Å²) in [5.74, 6) is 0.821. The number of hydrogen-bond acceptors (Lipinski definition) is 2. The molecular formula is C9H17FN2. The number of fused-ring (bicyclic) bond motifs is 3. The van der Waals surface area contributed by atoms with Crippen molar-refractivity contribution in [1.29, 1.82) is 0 Å². The van der Waals surface area contributed by atoms with E-state index in [9.17, 15) is 4.39 Å². The molecular weight excluding hydrogens is 155 g/mol. The number of alkyl halides is 1. The Bertz CT molecular complexity index is 143. The van der Waals surface area contributed by atoms with E-state index in [1.807, 2.05) is 0 Å². The van der Waals surface area contributed by atoms with E-state index in [0.29, 0.717) is 12.6 Å². The molecule has 0 aromatic carbocycles. The zero-order valence-electron chi connectivity index (χ0n) is 7.43. The molecule has 3 heterocycles. The fourth-order valence-electron chi connectivity index (χ4n) is 2.44. The van der Waals surface area contributed by atoms with E-state index in [0.717, 1.165) is 12.5 Å². The third kappa shape index (κ3) is 1.62.